The van der Waals surface area contributed by atoms with Gasteiger partial charge in [-0.3, -0.25) is 9.36 Å². The molecule has 0 fully saturated rings. The highest BCUT2D eigenvalue weighted by Crippen LogP contribution is 2.27. The number of pyridine rings is 2. The number of carbonyl (C=O) groups is 1. The van der Waals surface area contributed by atoms with E-state index in [1.54, 1.807) is 19.9 Å². The van der Waals surface area contributed by atoms with Gasteiger partial charge in [0, 0.05) is 17.2 Å². The highest BCUT2D eigenvalue weighted by Gasteiger charge is 2.23. The van der Waals surface area contributed by atoms with E-state index < -0.39 is 17.3 Å². The van der Waals surface area contributed by atoms with Crippen LogP contribution >= 0.6 is 15.9 Å². The fraction of sp³-hybridized carbons (Fsp3) is 0.308. The van der Waals surface area contributed by atoms with Gasteiger partial charge in [-0.2, -0.15) is 0 Å². The van der Waals surface area contributed by atoms with Crippen LogP contribution in [-0.4, -0.2) is 27.2 Å². The highest BCUT2D eigenvalue weighted by atomic mass is 79.9. The van der Waals surface area contributed by atoms with E-state index in [0.717, 1.165) is 0 Å². The third kappa shape index (κ3) is 2.29. The molecule has 0 bridgehead atoms. The molecule has 0 saturated carbocycles. The molecule has 0 amide bonds. The summed E-state index contributed by atoms with van der Waals surface area (Å²) in [6, 6.07) is 1.60. The van der Waals surface area contributed by atoms with Gasteiger partial charge >= 0.3 is 5.97 Å². The summed E-state index contributed by atoms with van der Waals surface area (Å²) in [6.45, 7) is 3.85. The molecule has 0 unspecified atom stereocenters. The second-order valence-electron chi connectivity index (χ2n) is 4.02. The Hall–Kier alpha value is -1.89. The number of fused-ring (bicyclic) bond motifs is 1. The summed E-state index contributed by atoms with van der Waals surface area (Å²) in [6.07, 6.45) is 1.53. The van der Waals surface area contributed by atoms with Gasteiger partial charge in [0.2, 0.25) is 0 Å². The van der Waals surface area contributed by atoms with Gasteiger partial charge in [-0.25, -0.2) is 9.78 Å². The van der Waals surface area contributed by atoms with Crippen molar-refractivity contribution >= 4 is 32.9 Å². The molecule has 2 heterocycles. The molecule has 2 aromatic heterocycles. The topological polar surface area (TPSA) is 81.4 Å². The van der Waals surface area contributed by atoms with Gasteiger partial charge < -0.3 is 9.84 Å². The number of halogens is 1. The molecule has 106 valence electrons. The average molecular weight is 341 g/mol. The number of aryl methyl sites for hydroxylation is 1. The van der Waals surface area contributed by atoms with Crippen molar-refractivity contribution in [3.8, 4) is 5.75 Å². The number of rotatable bonds is 3. The number of nitrogens with zero attached hydrogens (tertiary/aromatic N) is 2. The van der Waals surface area contributed by atoms with Crippen LogP contribution in [0.4, 0.5) is 0 Å². The lowest BCUT2D eigenvalue weighted by molar-refractivity contribution is 0.0520. The van der Waals surface area contributed by atoms with Crippen molar-refractivity contribution in [3.63, 3.8) is 0 Å². The minimum Gasteiger partial charge on any atom is -0.506 e. The molecule has 0 atom stereocenters. The van der Waals surface area contributed by atoms with Crippen molar-refractivity contribution in [2.24, 2.45) is 0 Å². The third-order valence-corrected chi connectivity index (χ3v) is 3.27. The van der Waals surface area contributed by atoms with Crippen LogP contribution in [-0.2, 0) is 11.3 Å². The zero-order valence-electron chi connectivity index (χ0n) is 11.0. The fourth-order valence-corrected chi connectivity index (χ4v) is 2.30. The van der Waals surface area contributed by atoms with Crippen LogP contribution in [0.2, 0.25) is 0 Å². The number of ether oxygens (including phenoxy) is 1. The van der Waals surface area contributed by atoms with Gasteiger partial charge in [0.1, 0.15) is 11.4 Å². The van der Waals surface area contributed by atoms with E-state index in [1.165, 1.54) is 10.8 Å². The van der Waals surface area contributed by atoms with E-state index in [9.17, 15) is 14.7 Å². The first kappa shape index (κ1) is 14.5. The number of esters is 1. The molecule has 0 aliphatic rings. The SMILES string of the molecule is CCOC(=O)c1c(O)c2cc(Br)cnc2n(CC)c1=O. The predicted molar refractivity (Wildman–Crippen MR) is 77.0 cm³/mol. The summed E-state index contributed by atoms with van der Waals surface area (Å²) >= 11 is 3.25. The van der Waals surface area contributed by atoms with E-state index in [-0.39, 0.29) is 12.2 Å². The van der Waals surface area contributed by atoms with Gasteiger partial charge in [-0.15, -0.1) is 0 Å². The Morgan fingerprint density at radius 2 is 2.20 bits per heavy atom. The van der Waals surface area contributed by atoms with Crippen LogP contribution in [0.5, 0.6) is 5.75 Å². The Morgan fingerprint density at radius 1 is 1.50 bits per heavy atom. The lowest BCUT2D eigenvalue weighted by atomic mass is 10.1. The van der Waals surface area contributed by atoms with Crippen LogP contribution < -0.4 is 5.56 Å². The predicted octanol–water partition coefficient (Wildman–Crippen LogP) is 2.06. The molecule has 2 aromatic rings. The Bertz CT molecular complexity index is 739. The molecule has 0 spiro atoms. The minimum atomic E-state index is -0.834. The molecule has 0 radical (unpaired) electrons. The molecule has 0 saturated heterocycles. The van der Waals surface area contributed by atoms with Crippen molar-refractivity contribution in [2.45, 2.75) is 20.4 Å². The van der Waals surface area contributed by atoms with E-state index >= 15 is 0 Å². The van der Waals surface area contributed by atoms with Crippen LogP contribution in [0, 0.1) is 0 Å². The fourth-order valence-electron chi connectivity index (χ4n) is 1.97. The second kappa shape index (κ2) is 5.62. The van der Waals surface area contributed by atoms with E-state index in [2.05, 4.69) is 20.9 Å². The number of aromatic nitrogens is 2. The van der Waals surface area contributed by atoms with Crippen LogP contribution in [0.25, 0.3) is 11.0 Å². The molecule has 0 aliphatic carbocycles. The van der Waals surface area contributed by atoms with E-state index in [4.69, 9.17) is 4.74 Å². The quantitative estimate of drug-likeness (QED) is 0.865. The van der Waals surface area contributed by atoms with E-state index in [0.29, 0.717) is 22.1 Å². The van der Waals surface area contributed by atoms with Gasteiger partial charge in [0.25, 0.3) is 5.56 Å². The van der Waals surface area contributed by atoms with Crippen molar-refractivity contribution in [3.05, 3.63) is 32.7 Å². The monoisotopic (exact) mass is 340 g/mol. The Balaban J connectivity index is 2.89. The summed E-state index contributed by atoms with van der Waals surface area (Å²) in [5, 5.41) is 10.5. The first-order valence-electron chi connectivity index (χ1n) is 6.09. The summed E-state index contributed by atoms with van der Waals surface area (Å²) in [5.41, 5.74) is -0.641. The Morgan fingerprint density at radius 3 is 2.80 bits per heavy atom. The zero-order valence-corrected chi connectivity index (χ0v) is 12.6. The molecule has 1 N–H and O–H groups in total. The molecule has 20 heavy (non-hydrogen) atoms. The van der Waals surface area contributed by atoms with E-state index in [1.807, 2.05) is 0 Å². The molecule has 7 heteroatoms. The van der Waals surface area contributed by atoms with Crippen molar-refractivity contribution in [2.75, 3.05) is 6.61 Å². The highest BCUT2D eigenvalue weighted by molar-refractivity contribution is 9.10. The molecular formula is C13H13BrN2O4. The van der Waals surface area contributed by atoms with Gasteiger partial charge in [0.15, 0.2) is 5.56 Å². The number of hydrogen-bond acceptors (Lipinski definition) is 5. The minimum absolute atomic E-state index is 0.124. The maximum absolute atomic E-state index is 12.3. The zero-order chi connectivity index (χ0) is 14.9. The third-order valence-electron chi connectivity index (χ3n) is 2.84. The summed E-state index contributed by atoms with van der Waals surface area (Å²) < 4.78 is 6.79. The molecule has 0 aromatic carbocycles. The van der Waals surface area contributed by atoms with Crippen LogP contribution in [0.15, 0.2) is 21.5 Å². The summed E-state index contributed by atoms with van der Waals surface area (Å²) in [4.78, 5) is 28.3. The first-order chi connectivity index (χ1) is 9.51. The normalized spacial score (nSPS) is 10.8. The smallest absolute Gasteiger partial charge is 0.347 e. The Kier molecular flexibility index (Phi) is 4.08. The van der Waals surface area contributed by atoms with Crippen molar-refractivity contribution < 1.29 is 14.6 Å². The molecular weight excluding hydrogens is 328 g/mol. The van der Waals surface area contributed by atoms with Crippen LogP contribution in [0.1, 0.15) is 24.2 Å². The maximum atomic E-state index is 12.3. The summed E-state index contributed by atoms with van der Waals surface area (Å²) in [7, 11) is 0. The number of carbonyl (C=O) groups excluding carboxylic acids is 1. The van der Waals surface area contributed by atoms with Crippen LogP contribution in [0.3, 0.4) is 0 Å². The molecule has 0 aliphatic heterocycles. The van der Waals surface area contributed by atoms with Gasteiger partial charge in [0.05, 0.1) is 12.0 Å². The molecule has 2 rings (SSSR count). The van der Waals surface area contributed by atoms with Gasteiger partial charge in [-0.1, -0.05) is 0 Å². The van der Waals surface area contributed by atoms with Crippen molar-refractivity contribution in [1.82, 2.24) is 9.55 Å². The lowest BCUT2D eigenvalue weighted by Gasteiger charge is -2.12. The summed E-state index contributed by atoms with van der Waals surface area (Å²) in [5.74, 6) is -1.24. The largest absolute Gasteiger partial charge is 0.506 e. The number of hydrogen-bond donors (Lipinski definition) is 1. The van der Waals surface area contributed by atoms with Crippen molar-refractivity contribution in [1.29, 1.82) is 0 Å². The first-order valence-corrected chi connectivity index (χ1v) is 6.88. The second-order valence-corrected chi connectivity index (χ2v) is 4.93. The molecule has 6 nitrogen and oxygen atoms in total. The van der Waals surface area contributed by atoms with Gasteiger partial charge in [-0.05, 0) is 35.8 Å². The Labute approximate surface area is 123 Å². The lowest BCUT2D eigenvalue weighted by Crippen LogP contribution is -2.28. The number of aromatic hydroxyl groups is 1. The maximum Gasteiger partial charge on any atom is 0.347 e. The average Bonchev–Trinajstić information content (AvgIpc) is 2.40. The standard InChI is InChI=1S/C13H13BrN2O4/c1-3-16-11-8(5-7(14)6-15-11)10(17)9(12(16)18)13(19)20-4-2/h5-6,17H,3-4H2,1-2H3.